The molecule has 0 unspecified atom stereocenters. The number of aromatic amines is 1. The molecule has 0 aliphatic carbocycles. The third-order valence-electron chi connectivity index (χ3n) is 2.57. The zero-order chi connectivity index (χ0) is 12.6. The monoisotopic (exact) mass is 313 g/mol. The molecule has 17 heavy (non-hydrogen) atoms. The number of thiophene rings is 1. The van der Waals surface area contributed by atoms with E-state index in [9.17, 15) is 4.79 Å². The molecule has 2 aromatic rings. The largest absolute Gasteiger partial charge is 0.304 e. The number of nitrogens with zero attached hydrogens (tertiary/aromatic N) is 1. The number of anilines is 1. The summed E-state index contributed by atoms with van der Waals surface area (Å²) in [6.07, 6.45) is 0. The van der Waals surface area contributed by atoms with E-state index in [1.54, 1.807) is 0 Å². The van der Waals surface area contributed by atoms with Gasteiger partial charge in [-0.2, -0.15) is 5.10 Å². The molecule has 2 aromatic heterocycles. The molecule has 6 heteroatoms. The number of nitrogens with one attached hydrogen (secondary N) is 2. The van der Waals surface area contributed by atoms with Crippen molar-refractivity contribution in [1.29, 1.82) is 0 Å². The van der Waals surface area contributed by atoms with E-state index in [-0.39, 0.29) is 5.91 Å². The number of amides is 1. The van der Waals surface area contributed by atoms with Crippen LogP contribution in [-0.4, -0.2) is 16.1 Å². The SMILES string of the molecule is Cc1cc(C(=O)Nc2n[nH]c(C)c2C)sc1Br. The van der Waals surface area contributed by atoms with Crippen LogP contribution in [0.15, 0.2) is 9.85 Å². The minimum Gasteiger partial charge on any atom is -0.304 e. The van der Waals surface area contributed by atoms with E-state index in [4.69, 9.17) is 0 Å². The van der Waals surface area contributed by atoms with Gasteiger partial charge >= 0.3 is 0 Å². The molecule has 0 bridgehead atoms. The summed E-state index contributed by atoms with van der Waals surface area (Å²) in [6.45, 7) is 5.80. The predicted molar refractivity (Wildman–Crippen MR) is 72.8 cm³/mol. The van der Waals surface area contributed by atoms with Gasteiger partial charge in [0.1, 0.15) is 0 Å². The van der Waals surface area contributed by atoms with Gasteiger partial charge in [-0.3, -0.25) is 9.89 Å². The van der Waals surface area contributed by atoms with Crippen molar-refractivity contribution < 1.29 is 4.79 Å². The van der Waals surface area contributed by atoms with Crippen LogP contribution < -0.4 is 5.32 Å². The molecular formula is C11H12BrN3OS. The lowest BCUT2D eigenvalue weighted by Gasteiger charge is -2.00. The molecular weight excluding hydrogens is 302 g/mol. The zero-order valence-corrected chi connectivity index (χ0v) is 12.1. The normalized spacial score (nSPS) is 10.6. The van der Waals surface area contributed by atoms with Gasteiger partial charge in [-0.1, -0.05) is 0 Å². The van der Waals surface area contributed by atoms with Gasteiger partial charge in [0.15, 0.2) is 5.82 Å². The van der Waals surface area contributed by atoms with Gasteiger partial charge in [0, 0.05) is 11.3 Å². The number of carbonyl (C=O) groups excluding carboxylic acids is 1. The van der Waals surface area contributed by atoms with Gasteiger partial charge in [-0.05, 0) is 48.3 Å². The van der Waals surface area contributed by atoms with Crippen LogP contribution in [-0.2, 0) is 0 Å². The summed E-state index contributed by atoms with van der Waals surface area (Å²) in [6, 6.07) is 1.86. The quantitative estimate of drug-likeness (QED) is 0.892. The molecule has 0 saturated carbocycles. The second-order valence-corrected chi connectivity index (χ2v) is 6.21. The van der Waals surface area contributed by atoms with Gasteiger partial charge in [-0.15, -0.1) is 11.3 Å². The summed E-state index contributed by atoms with van der Waals surface area (Å²) in [4.78, 5) is 12.6. The molecule has 0 radical (unpaired) electrons. The molecule has 2 rings (SSSR count). The third kappa shape index (κ3) is 2.42. The first-order valence-corrected chi connectivity index (χ1v) is 6.69. The van der Waals surface area contributed by atoms with Gasteiger partial charge in [0.05, 0.1) is 8.66 Å². The molecule has 0 aromatic carbocycles. The molecule has 1 amide bonds. The Morgan fingerprint density at radius 1 is 1.47 bits per heavy atom. The van der Waals surface area contributed by atoms with Crippen molar-refractivity contribution in [3.8, 4) is 0 Å². The zero-order valence-electron chi connectivity index (χ0n) is 9.72. The highest BCUT2D eigenvalue weighted by Gasteiger charge is 2.14. The summed E-state index contributed by atoms with van der Waals surface area (Å²) >= 11 is 4.83. The number of aryl methyl sites for hydroxylation is 2. The number of hydrogen-bond acceptors (Lipinski definition) is 3. The predicted octanol–water partition coefficient (Wildman–Crippen LogP) is 3.41. The average molecular weight is 314 g/mol. The number of halogens is 1. The fourth-order valence-corrected chi connectivity index (χ4v) is 2.78. The summed E-state index contributed by atoms with van der Waals surface area (Å²) in [5.41, 5.74) is 2.99. The molecule has 0 aliphatic heterocycles. The average Bonchev–Trinajstić information content (AvgIpc) is 2.77. The molecule has 0 atom stereocenters. The van der Waals surface area contributed by atoms with Crippen molar-refractivity contribution in [2.45, 2.75) is 20.8 Å². The van der Waals surface area contributed by atoms with Crippen molar-refractivity contribution >= 4 is 39.0 Å². The first-order valence-electron chi connectivity index (χ1n) is 5.08. The number of hydrogen-bond donors (Lipinski definition) is 2. The van der Waals surface area contributed by atoms with Crippen LogP contribution in [0.4, 0.5) is 5.82 Å². The van der Waals surface area contributed by atoms with Gasteiger partial charge < -0.3 is 5.32 Å². The highest BCUT2D eigenvalue weighted by atomic mass is 79.9. The third-order valence-corrected chi connectivity index (χ3v) is 4.70. The van der Waals surface area contributed by atoms with Crippen LogP contribution in [0.3, 0.4) is 0 Å². The van der Waals surface area contributed by atoms with E-state index in [2.05, 4.69) is 31.4 Å². The van der Waals surface area contributed by atoms with E-state index >= 15 is 0 Å². The van der Waals surface area contributed by atoms with Crippen molar-refractivity contribution in [1.82, 2.24) is 10.2 Å². The summed E-state index contributed by atoms with van der Waals surface area (Å²) in [7, 11) is 0. The van der Waals surface area contributed by atoms with E-state index in [1.165, 1.54) is 11.3 Å². The van der Waals surface area contributed by atoms with E-state index < -0.39 is 0 Å². The van der Waals surface area contributed by atoms with E-state index in [1.807, 2.05) is 26.8 Å². The number of H-pyrrole nitrogens is 1. The summed E-state index contributed by atoms with van der Waals surface area (Å²) in [5, 5.41) is 9.68. The van der Waals surface area contributed by atoms with Crippen LogP contribution in [0.5, 0.6) is 0 Å². The van der Waals surface area contributed by atoms with Crippen molar-refractivity contribution in [3.05, 3.63) is 31.6 Å². The molecule has 4 nitrogen and oxygen atoms in total. The van der Waals surface area contributed by atoms with Gasteiger partial charge in [0.25, 0.3) is 5.91 Å². The molecule has 2 heterocycles. The molecule has 2 N–H and O–H groups in total. The first kappa shape index (κ1) is 12.3. The summed E-state index contributed by atoms with van der Waals surface area (Å²) in [5.74, 6) is 0.466. The van der Waals surface area contributed by atoms with Gasteiger partial charge in [-0.25, -0.2) is 0 Å². The van der Waals surface area contributed by atoms with Crippen LogP contribution in [0.2, 0.25) is 0 Å². The van der Waals surface area contributed by atoms with Crippen molar-refractivity contribution in [3.63, 3.8) is 0 Å². The van der Waals surface area contributed by atoms with Crippen molar-refractivity contribution in [2.24, 2.45) is 0 Å². The lowest BCUT2D eigenvalue weighted by atomic mass is 10.2. The minimum absolute atomic E-state index is 0.126. The number of carbonyl (C=O) groups is 1. The van der Waals surface area contributed by atoms with E-state index in [0.29, 0.717) is 10.7 Å². The van der Waals surface area contributed by atoms with Crippen molar-refractivity contribution in [2.75, 3.05) is 5.32 Å². The van der Waals surface area contributed by atoms with Crippen LogP contribution >= 0.6 is 27.3 Å². The first-order chi connectivity index (χ1) is 7.99. The van der Waals surface area contributed by atoms with Crippen LogP contribution in [0, 0.1) is 20.8 Å². The Kier molecular flexibility index (Phi) is 3.35. The number of rotatable bonds is 2. The Morgan fingerprint density at radius 3 is 2.65 bits per heavy atom. The topological polar surface area (TPSA) is 57.8 Å². The second kappa shape index (κ2) is 4.62. The maximum atomic E-state index is 12.0. The molecule has 0 spiro atoms. The van der Waals surface area contributed by atoms with Gasteiger partial charge in [0.2, 0.25) is 0 Å². The fraction of sp³-hybridized carbons (Fsp3) is 0.273. The molecule has 0 saturated heterocycles. The maximum absolute atomic E-state index is 12.0. The van der Waals surface area contributed by atoms with Crippen LogP contribution in [0.1, 0.15) is 26.5 Å². The number of aromatic nitrogens is 2. The highest BCUT2D eigenvalue weighted by Crippen LogP contribution is 2.28. The summed E-state index contributed by atoms with van der Waals surface area (Å²) < 4.78 is 0.984. The lowest BCUT2D eigenvalue weighted by Crippen LogP contribution is -2.11. The van der Waals surface area contributed by atoms with E-state index in [0.717, 1.165) is 20.6 Å². The Labute approximate surface area is 112 Å². The highest BCUT2D eigenvalue weighted by molar-refractivity contribution is 9.11. The standard InChI is InChI=1S/C11H12BrN3OS/c1-5-4-8(17-9(5)12)11(16)13-10-6(2)7(3)14-15-10/h4H,1-3H3,(H2,13,14,15,16). The molecule has 90 valence electrons. The Bertz CT molecular complexity index is 554. The smallest absolute Gasteiger partial charge is 0.266 e. The van der Waals surface area contributed by atoms with Crippen LogP contribution in [0.25, 0.3) is 0 Å². The molecule has 0 fully saturated rings. The second-order valence-electron chi connectivity index (χ2n) is 3.84. The Morgan fingerprint density at radius 2 is 2.18 bits per heavy atom. The maximum Gasteiger partial charge on any atom is 0.266 e. The fourth-order valence-electron chi connectivity index (χ4n) is 1.35. The minimum atomic E-state index is -0.126. The lowest BCUT2D eigenvalue weighted by molar-refractivity contribution is 0.103. The Balaban J connectivity index is 2.20. The Hall–Kier alpha value is -1.14. The molecule has 0 aliphatic rings.